The Labute approximate surface area is 95.1 Å². The van der Waals surface area contributed by atoms with Crippen molar-refractivity contribution in [3.05, 3.63) is 36.2 Å². The fourth-order valence-electron chi connectivity index (χ4n) is 1.23. The average molecular weight is 224 g/mol. The lowest BCUT2D eigenvalue weighted by Crippen LogP contribution is -2.10. The van der Waals surface area contributed by atoms with Crippen molar-refractivity contribution in [3.63, 3.8) is 0 Å². The molecular weight excluding hydrogens is 207 g/mol. The number of benzene rings is 1. The zero-order valence-electron chi connectivity index (χ0n) is 9.42. The molecule has 1 rings (SSSR count). The molecule has 1 aromatic rings. The van der Waals surface area contributed by atoms with Gasteiger partial charge in [-0.25, -0.2) is 4.39 Å². The third-order valence-electron chi connectivity index (χ3n) is 1.84. The molecule has 0 aliphatic carbocycles. The Kier molecular flexibility index (Phi) is 4.79. The number of halogens is 1. The van der Waals surface area contributed by atoms with Gasteiger partial charge in [0.05, 0.1) is 13.2 Å². The first-order chi connectivity index (χ1) is 7.58. The molecule has 0 radical (unpaired) electrons. The van der Waals surface area contributed by atoms with Crippen molar-refractivity contribution >= 4 is 11.4 Å². The van der Waals surface area contributed by atoms with Gasteiger partial charge >= 0.3 is 0 Å². The highest BCUT2D eigenvalue weighted by molar-refractivity contribution is 5.54. The van der Waals surface area contributed by atoms with Crippen LogP contribution < -0.4 is 11.1 Å². The molecule has 0 saturated carbocycles. The fraction of sp³-hybridized carbons (Fsp3) is 0.333. The standard InChI is InChI=1S/C12H17FN2O/c1-9(2)8-16-4-3-15-12-6-10(13)5-11(14)7-12/h5-7,15H,1,3-4,8,14H2,2H3. The molecule has 3 N–H and O–H groups in total. The average Bonchev–Trinajstić information content (AvgIpc) is 2.15. The number of hydrogen-bond donors (Lipinski definition) is 2. The minimum atomic E-state index is -0.342. The summed E-state index contributed by atoms with van der Waals surface area (Å²) in [6, 6.07) is 4.36. The Balaban J connectivity index is 2.29. The number of nitrogens with two attached hydrogens (primary N) is 1. The summed E-state index contributed by atoms with van der Waals surface area (Å²) in [7, 11) is 0. The number of nitrogen functional groups attached to an aromatic ring is 1. The Morgan fingerprint density at radius 2 is 2.25 bits per heavy atom. The van der Waals surface area contributed by atoms with Crippen molar-refractivity contribution in [2.75, 3.05) is 30.8 Å². The van der Waals surface area contributed by atoms with Gasteiger partial charge in [-0.15, -0.1) is 0 Å². The minimum absolute atomic E-state index is 0.342. The van der Waals surface area contributed by atoms with Crippen LogP contribution in [0.1, 0.15) is 6.92 Å². The van der Waals surface area contributed by atoms with Crippen LogP contribution in [-0.2, 0) is 4.74 Å². The summed E-state index contributed by atoms with van der Waals surface area (Å²) in [6.07, 6.45) is 0. The molecule has 3 nitrogen and oxygen atoms in total. The second kappa shape index (κ2) is 6.12. The van der Waals surface area contributed by atoms with Crippen LogP contribution in [0.25, 0.3) is 0 Å². The van der Waals surface area contributed by atoms with E-state index >= 15 is 0 Å². The quantitative estimate of drug-likeness (QED) is 0.443. The van der Waals surface area contributed by atoms with Crippen molar-refractivity contribution in [1.29, 1.82) is 0 Å². The van der Waals surface area contributed by atoms with Gasteiger partial charge in [0.15, 0.2) is 0 Å². The highest BCUT2D eigenvalue weighted by Crippen LogP contribution is 2.14. The summed E-state index contributed by atoms with van der Waals surface area (Å²) in [5, 5.41) is 3.03. The van der Waals surface area contributed by atoms with Crippen molar-refractivity contribution < 1.29 is 9.13 Å². The summed E-state index contributed by atoms with van der Waals surface area (Å²) in [5.41, 5.74) is 7.56. The molecule has 0 spiro atoms. The topological polar surface area (TPSA) is 47.3 Å². The molecular formula is C12H17FN2O. The van der Waals surface area contributed by atoms with Gasteiger partial charge in [0, 0.05) is 17.9 Å². The third kappa shape index (κ3) is 4.79. The van der Waals surface area contributed by atoms with E-state index < -0.39 is 0 Å². The first kappa shape index (κ1) is 12.5. The normalized spacial score (nSPS) is 10.1. The van der Waals surface area contributed by atoms with Crippen molar-refractivity contribution in [3.8, 4) is 0 Å². The lowest BCUT2D eigenvalue weighted by Gasteiger charge is -2.08. The number of hydrogen-bond acceptors (Lipinski definition) is 3. The van der Waals surface area contributed by atoms with Gasteiger partial charge in [-0.1, -0.05) is 12.2 Å². The van der Waals surface area contributed by atoms with Crippen molar-refractivity contribution in [1.82, 2.24) is 0 Å². The van der Waals surface area contributed by atoms with E-state index in [4.69, 9.17) is 10.5 Å². The molecule has 0 unspecified atom stereocenters. The van der Waals surface area contributed by atoms with E-state index in [0.29, 0.717) is 31.1 Å². The molecule has 0 bridgehead atoms. The second-order valence-corrected chi connectivity index (χ2v) is 3.71. The van der Waals surface area contributed by atoms with Crippen LogP contribution in [0.15, 0.2) is 30.4 Å². The summed E-state index contributed by atoms with van der Waals surface area (Å²) in [5.74, 6) is -0.342. The first-order valence-electron chi connectivity index (χ1n) is 5.10. The molecule has 88 valence electrons. The van der Waals surface area contributed by atoms with Gasteiger partial charge < -0.3 is 15.8 Å². The Morgan fingerprint density at radius 3 is 2.88 bits per heavy atom. The smallest absolute Gasteiger partial charge is 0.127 e. The highest BCUT2D eigenvalue weighted by Gasteiger charge is 1.97. The van der Waals surface area contributed by atoms with E-state index in [-0.39, 0.29) is 5.82 Å². The molecule has 1 aromatic carbocycles. The van der Waals surface area contributed by atoms with Crippen molar-refractivity contribution in [2.45, 2.75) is 6.92 Å². The molecule has 0 fully saturated rings. The van der Waals surface area contributed by atoms with E-state index in [1.54, 1.807) is 6.07 Å². The van der Waals surface area contributed by atoms with Gasteiger partial charge in [0.25, 0.3) is 0 Å². The van der Waals surface area contributed by atoms with E-state index in [9.17, 15) is 4.39 Å². The summed E-state index contributed by atoms with van der Waals surface area (Å²) >= 11 is 0. The van der Waals surface area contributed by atoms with Crippen molar-refractivity contribution in [2.24, 2.45) is 0 Å². The number of nitrogens with one attached hydrogen (secondary N) is 1. The fourth-order valence-corrected chi connectivity index (χ4v) is 1.23. The lowest BCUT2D eigenvalue weighted by atomic mass is 10.2. The maximum atomic E-state index is 12.9. The summed E-state index contributed by atoms with van der Waals surface area (Å²) < 4.78 is 18.2. The second-order valence-electron chi connectivity index (χ2n) is 3.71. The van der Waals surface area contributed by atoms with Gasteiger partial charge in [-0.3, -0.25) is 0 Å². The van der Waals surface area contributed by atoms with Crippen LogP contribution in [0.5, 0.6) is 0 Å². The van der Waals surface area contributed by atoms with E-state index in [0.717, 1.165) is 5.57 Å². The first-order valence-corrected chi connectivity index (χ1v) is 5.10. The summed E-state index contributed by atoms with van der Waals surface area (Å²) in [4.78, 5) is 0. The zero-order chi connectivity index (χ0) is 12.0. The highest BCUT2D eigenvalue weighted by atomic mass is 19.1. The monoisotopic (exact) mass is 224 g/mol. The third-order valence-corrected chi connectivity index (χ3v) is 1.84. The Morgan fingerprint density at radius 1 is 1.50 bits per heavy atom. The van der Waals surface area contributed by atoms with Gasteiger partial charge in [0.2, 0.25) is 0 Å². The molecule has 0 heterocycles. The van der Waals surface area contributed by atoms with Gasteiger partial charge in [-0.05, 0) is 25.1 Å². The van der Waals surface area contributed by atoms with E-state index in [2.05, 4.69) is 11.9 Å². The van der Waals surface area contributed by atoms with Crippen LogP contribution in [0, 0.1) is 5.82 Å². The van der Waals surface area contributed by atoms with E-state index in [1.165, 1.54) is 12.1 Å². The molecule has 16 heavy (non-hydrogen) atoms. The predicted octanol–water partition coefficient (Wildman–Crippen LogP) is 2.41. The SMILES string of the molecule is C=C(C)COCCNc1cc(N)cc(F)c1. The van der Waals surface area contributed by atoms with Crippen LogP contribution in [0.3, 0.4) is 0 Å². The minimum Gasteiger partial charge on any atom is -0.399 e. The summed E-state index contributed by atoms with van der Waals surface area (Å²) in [6.45, 7) is 7.33. The molecule has 4 heteroatoms. The lowest BCUT2D eigenvalue weighted by molar-refractivity contribution is 0.167. The van der Waals surface area contributed by atoms with Crippen LogP contribution in [0.4, 0.5) is 15.8 Å². The number of rotatable bonds is 6. The Bertz CT molecular complexity index is 346. The predicted molar refractivity (Wildman–Crippen MR) is 64.9 cm³/mol. The maximum absolute atomic E-state index is 12.9. The molecule has 0 aliphatic heterocycles. The number of ether oxygens (including phenoxy) is 1. The molecule has 0 aromatic heterocycles. The van der Waals surface area contributed by atoms with Gasteiger partial charge in [-0.2, -0.15) is 0 Å². The molecule has 0 saturated heterocycles. The number of anilines is 2. The molecule has 0 aliphatic rings. The molecule has 0 atom stereocenters. The largest absolute Gasteiger partial charge is 0.399 e. The maximum Gasteiger partial charge on any atom is 0.127 e. The Hall–Kier alpha value is -1.55. The zero-order valence-corrected chi connectivity index (χ0v) is 9.42. The van der Waals surface area contributed by atoms with Crippen LogP contribution in [-0.4, -0.2) is 19.8 Å². The van der Waals surface area contributed by atoms with E-state index in [1.807, 2.05) is 6.92 Å². The van der Waals surface area contributed by atoms with Crippen LogP contribution in [0.2, 0.25) is 0 Å². The van der Waals surface area contributed by atoms with Gasteiger partial charge in [0.1, 0.15) is 5.82 Å². The van der Waals surface area contributed by atoms with Crippen LogP contribution >= 0.6 is 0 Å². The molecule has 0 amide bonds.